The Hall–Kier alpha value is -1.51. The Morgan fingerprint density at radius 1 is 1.15 bits per heavy atom. The highest BCUT2D eigenvalue weighted by Gasteiger charge is 2.23. The number of carbonyl (C=O) groups excluding carboxylic acids is 1. The average Bonchev–Trinajstić information content (AvgIpc) is 2.66. The molecule has 1 aliphatic heterocycles. The third-order valence-corrected chi connectivity index (χ3v) is 4.32. The second-order valence-corrected chi connectivity index (χ2v) is 6.18. The van der Waals surface area contributed by atoms with Gasteiger partial charge in [-0.1, -0.05) is 37.3 Å². The molecule has 1 aromatic rings. The molecule has 0 aromatic heterocycles. The molecule has 1 atom stereocenters. The van der Waals surface area contributed by atoms with Crippen LogP contribution in [0.2, 0.25) is 0 Å². The highest BCUT2D eigenvalue weighted by Crippen LogP contribution is 2.15. The monoisotopic (exact) mass is 474 g/mol. The molecular weight excluding hydrogens is 443 g/mol. The molecule has 0 aliphatic carbocycles. The minimum atomic E-state index is -0.221. The Balaban J connectivity index is 0.00000338. The number of ether oxygens (including phenoxy) is 1. The zero-order chi connectivity index (χ0) is 18.1. The van der Waals surface area contributed by atoms with E-state index in [-0.39, 0.29) is 30.1 Å². The van der Waals surface area contributed by atoms with Crippen molar-refractivity contribution in [2.24, 2.45) is 4.99 Å². The van der Waals surface area contributed by atoms with Gasteiger partial charge in [-0.15, -0.1) is 24.0 Å². The molecular formula is C19H31IN4O2. The third kappa shape index (κ3) is 6.66. The molecule has 1 saturated heterocycles. The van der Waals surface area contributed by atoms with Crippen LogP contribution in [0.5, 0.6) is 0 Å². The molecule has 1 amide bonds. The van der Waals surface area contributed by atoms with Gasteiger partial charge in [0.25, 0.3) is 0 Å². The fourth-order valence-electron chi connectivity index (χ4n) is 2.85. The van der Waals surface area contributed by atoms with E-state index in [1.165, 1.54) is 5.56 Å². The van der Waals surface area contributed by atoms with E-state index >= 15 is 0 Å². The molecule has 1 N–H and O–H groups in total. The highest BCUT2D eigenvalue weighted by molar-refractivity contribution is 14.0. The highest BCUT2D eigenvalue weighted by atomic mass is 127. The summed E-state index contributed by atoms with van der Waals surface area (Å²) in [5, 5.41) is 3.37. The minimum absolute atomic E-state index is 0. The van der Waals surface area contributed by atoms with Gasteiger partial charge in [-0.2, -0.15) is 0 Å². The first-order valence-electron chi connectivity index (χ1n) is 9.15. The largest absolute Gasteiger partial charge is 0.450 e. The lowest BCUT2D eigenvalue weighted by atomic mass is 10.0. The minimum Gasteiger partial charge on any atom is -0.450 e. The number of piperazine rings is 1. The van der Waals surface area contributed by atoms with Crippen LogP contribution in [-0.2, 0) is 4.74 Å². The lowest BCUT2D eigenvalue weighted by Gasteiger charge is -2.36. The van der Waals surface area contributed by atoms with Gasteiger partial charge in [0.15, 0.2) is 5.96 Å². The first-order valence-corrected chi connectivity index (χ1v) is 9.15. The van der Waals surface area contributed by atoms with Gasteiger partial charge in [0.05, 0.1) is 6.61 Å². The molecule has 146 valence electrons. The fraction of sp³-hybridized carbons (Fsp3) is 0.579. The van der Waals surface area contributed by atoms with Crippen molar-refractivity contribution in [3.8, 4) is 0 Å². The van der Waals surface area contributed by atoms with Crippen LogP contribution in [0.1, 0.15) is 32.3 Å². The van der Waals surface area contributed by atoms with Crippen LogP contribution >= 0.6 is 24.0 Å². The molecule has 1 aliphatic rings. The van der Waals surface area contributed by atoms with Crippen LogP contribution in [0.15, 0.2) is 35.3 Å². The molecule has 0 radical (unpaired) electrons. The summed E-state index contributed by atoms with van der Waals surface area (Å²) in [6.07, 6.45) is -0.221. The second kappa shape index (κ2) is 12.0. The Bertz CT molecular complexity index is 560. The van der Waals surface area contributed by atoms with Crippen molar-refractivity contribution >= 4 is 36.0 Å². The summed E-state index contributed by atoms with van der Waals surface area (Å²) in [5.41, 5.74) is 1.30. The van der Waals surface area contributed by atoms with E-state index in [1.807, 2.05) is 13.0 Å². The van der Waals surface area contributed by atoms with Crippen LogP contribution < -0.4 is 5.32 Å². The van der Waals surface area contributed by atoms with Gasteiger partial charge in [-0.3, -0.25) is 4.99 Å². The summed E-state index contributed by atoms with van der Waals surface area (Å²) >= 11 is 0. The Labute approximate surface area is 174 Å². The Morgan fingerprint density at radius 2 is 1.77 bits per heavy atom. The molecule has 2 rings (SSSR count). The number of guanidine groups is 1. The number of hydrogen-bond acceptors (Lipinski definition) is 3. The van der Waals surface area contributed by atoms with Gasteiger partial charge >= 0.3 is 6.09 Å². The Kier molecular flexibility index (Phi) is 10.4. The first kappa shape index (κ1) is 22.5. The molecule has 7 heteroatoms. The maximum absolute atomic E-state index is 11.8. The summed E-state index contributed by atoms with van der Waals surface area (Å²) in [6.45, 7) is 11.0. The van der Waals surface area contributed by atoms with Crippen molar-refractivity contribution in [2.75, 3.05) is 45.9 Å². The van der Waals surface area contributed by atoms with Crippen molar-refractivity contribution in [3.63, 3.8) is 0 Å². The van der Waals surface area contributed by atoms with Crippen molar-refractivity contribution in [2.45, 2.75) is 26.7 Å². The number of amides is 1. The molecule has 0 bridgehead atoms. The number of nitrogens with zero attached hydrogens (tertiary/aromatic N) is 3. The number of halogens is 1. The summed E-state index contributed by atoms with van der Waals surface area (Å²) in [4.78, 5) is 20.6. The zero-order valence-electron chi connectivity index (χ0n) is 16.0. The van der Waals surface area contributed by atoms with Crippen molar-refractivity contribution < 1.29 is 9.53 Å². The van der Waals surface area contributed by atoms with E-state index < -0.39 is 0 Å². The van der Waals surface area contributed by atoms with Gasteiger partial charge in [0, 0.05) is 45.2 Å². The maximum atomic E-state index is 11.8. The van der Waals surface area contributed by atoms with E-state index in [2.05, 4.69) is 48.3 Å². The van der Waals surface area contributed by atoms with Crippen molar-refractivity contribution in [1.82, 2.24) is 15.1 Å². The smallest absolute Gasteiger partial charge is 0.409 e. The van der Waals surface area contributed by atoms with Crippen molar-refractivity contribution in [3.05, 3.63) is 35.9 Å². The molecule has 26 heavy (non-hydrogen) atoms. The number of rotatable bonds is 5. The average molecular weight is 474 g/mol. The number of aliphatic imine (C=N–C) groups is 1. The molecule has 6 nitrogen and oxygen atoms in total. The van der Waals surface area contributed by atoms with Crippen molar-refractivity contribution in [1.29, 1.82) is 0 Å². The van der Waals surface area contributed by atoms with E-state index in [4.69, 9.17) is 9.73 Å². The maximum Gasteiger partial charge on any atom is 0.409 e. The molecule has 1 unspecified atom stereocenters. The van der Waals surface area contributed by atoms with Gasteiger partial charge in [0.2, 0.25) is 0 Å². The predicted octanol–water partition coefficient (Wildman–Crippen LogP) is 3.15. The van der Waals surface area contributed by atoms with Crippen LogP contribution in [-0.4, -0.2) is 67.7 Å². The Morgan fingerprint density at radius 3 is 2.35 bits per heavy atom. The van der Waals surface area contributed by atoms with Gasteiger partial charge in [-0.25, -0.2) is 4.79 Å². The van der Waals surface area contributed by atoms with E-state index in [0.29, 0.717) is 25.6 Å². The summed E-state index contributed by atoms with van der Waals surface area (Å²) in [7, 11) is 0. The SMILES string of the molecule is CCNC(=NCC(C)c1ccccc1)N1CCN(C(=O)OCC)CC1.I. The molecule has 1 aromatic carbocycles. The molecule has 0 spiro atoms. The normalized spacial score (nSPS) is 15.9. The van der Waals surface area contributed by atoms with E-state index in [1.54, 1.807) is 4.90 Å². The number of hydrogen-bond donors (Lipinski definition) is 1. The second-order valence-electron chi connectivity index (χ2n) is 6.18. The van der Waals surface area contributed by atoms with Crippen LogP contribution in [0.4, 0.5) is 4.79 Å². The van der Waals surface area contributed by atoms with Crippen LogP contribution in [0.25, 0.3) is 0 Å². The molecule has 1 heterocycles. The zero-order valence-corrected chi connectivity index (χ0v) is 18.3. The lowest BCUT2D eigenvalue weighted by Crippen LogP contribution is -2.54. The summed E-state index contributed by atoms with van der Waals surface area (Å²) < 4.78 is 5.08. The van der Waals surface area contributed by atoms with E-state index in [0.717, 1.165) is 32.1 Å². The lowest BCUT2D eigenvalue weighted by molar-refractivity contribution is 0.0914. The number of carbonyl (C=O) groups is 1. The van der Waals surface area contributed by atoms with Gasteiger partial charge in [0.1, 0.15) is 0 Å². The van der Waals surface area contributed by atoms with Gasteiger partial charge < -0.3 is 19.9 Å². The van der Waals surface area contributed by atoms with Gasteiger partial charge in [-0.05, 0) is 19.4 Å². The van der Waals surface area contributed by atoms with Crippen LogP contribution in [0, 0.1) is 0 Å². The summed E-state index contributed by atoms with van der Waals surface area (Å²) in [6, 6.07) is 10.5. The fourth-order valence-corrected chi connectivity index (χ4v) is 2.85. The van der Waals surface area contributed by atoms with E-state index in [9.17, 15) is 4.79 Å². The predicted molar refractivity (Wildman–Crippen MR) is 116 cm³/mol. The number of benzene rings is 1. The first-order chi connectivity index (χ1) is 12.2. The molecule has 1 fully saturated rings. The summed E-state index contributed by atoms with van der Waals surface area (Å²) in [5.74, 6) is 1.30. The van der Waals surface area contributed by atoms with Crippen LogP contribution in [0.3, 0.4) is 0 Å². The number of nitrogens with one attached hydrogen (secondary N) is 1. The quantitative estimate of drug-likeness (QED) is 0.405. The molecule has 0 saturated carbocycles. The third-order valence-electron chi connectivity index (χ3n) is 4.32. The standard InChI is InChI=1S/C19H30N4O2.HI/c1-4-20-18(21-15-16(3)17-9-7-6-8-10-17)22-11-13-23(14-12-22)19(24)25-5-2;/h6-10,16H,4-5,11-15H2,1-3H3,(H,20,21);1H. The topological polar surface area (TPSA) is 57.2 Å².